The maximum absolute atomic E-state index is 7.01. The zero-order valence-electron chi connectivity index (χ0n) is 40.9. The van der Waals surface area contributed by atoms with E-state index in [4.69, 9.17) is 4.42 Å². The molecular formula is C42H45B19O. The molecule has 0 N–H and O–H groups in total. The van der Waals surface area contributed by atoms with Gasteiger partial charge in [-0.15, -0.1) is 32.8 Å². The second kappa shape index (κ2) is 14.8. The molecule has 0 aliphatic heterocycles. The SMILES string of the molecule is Bc1c(B)c(-c2cccc3ccccc23)c(B)c(-c2c3c(B)c(B)c(B)c(B)c3c(-c3c(B)c(B)c4oc5c(B)c(B)c(B)c(B)c5c4c3B)c3c(B)c(B)c(B)c(B)c23)c1B. The van der Waals surface area contributed by atoms with Gasteiger partial charge in [0.05, 0.1) is 0 Å². The molecule has 1 aromatic heterocycles. The first-order chi connectivity index (χ1) is 29.3. The fourth-order valence-corrected chi connectivity index (χ4v) is 11.9. The summed E-state index contributed by atoms with van der Waals surface area (Å²) in [6, 6.07) is 15.7. The van der Waals surface area contributed by atoms with E-state index in [9.17, 15) is 0 Å². The van der Waals surface area contributed by atoms with Crippen molar-refractivity contribution in [2.75, 3.05) is 0 Å². The van der Waals surface area contributed by atoms with Crippen molar-refractivity contribution in [2.45, 2.75) is 0 Å². The van der Waals surface area contributed by atoms with Gasteiger partial charge in [-0.3, -0.25) is 0 Å². The maximum Gasteiger partial charge on any atom is 0.143 e. The van der Waals surface area contributed by atoms with Crippen molar-refractivity contribution in [1.82, 2.24) is 0 Å². The quantitative estimate of drug-likeness (QED) is 0.129. The summed E-state index contributed by atoms with van der Waals surface area (Å²) < 4.78 is 7.01. The van der Waals surface area contributed by atoms with Gasteiger partial charge in [-0.25, -0.2) is 0 Å². The molecule has 0 amide bonds. The molecule has 0 saturated heterocycles. The summed E-state index contributed by atoms with van der Waals surface area (Å²) in [5.41, 5.74) is 35.8. The van der Waals surface area contributed by atoms with Gasteiger partial charge in [-0.2, -0.15) is 0 Å². The Bertz CT molecular complexity index is 3490. The van der Waals surface area contributed by atoms with Gasteiger partial charge in [0, 0.05) is 10.8 Å². The summed E-state index contributed by atoms with van der Waals surface area (Å²) in [7, 11) is 44.6. The van der Waals surface area contributed by atoms with Gasteiger partial charge in [-0.05, 0) is 65.7 Å². The Hall–Kier alpha value is -4.43. The lowest BCUT2D eigenvalue weighted by molar-refractivity contribution is 0.675. The first kappa shape index (κ1) is 42.9. The number of hydrogen-bond donors (Lipinski definition) is 0. The van der Waals surface area contributed by atoms with E-state index in [2.05, 4.69) is 192 Å². The molecule has 0 radical (unpaired) electrons. The molecule has 8 aromatic carbocycles. The van der Waals surface area contributed by atoms with Crippen LogP contribution in [0, 0.1) is 0 Å². The molecule has 0 bridgehead atoms. The lowest BCUT2D eigenvalue weighted by Gasteiger charge is -2.32. The van der Waals surface area contributed by atoms with Crippen LogP contribution in [0.5, 0.6) is 0 Å². The third-order valence-electron chi connectivity index (χ3n) is 16.9. The minimum Gasteiger partial charge on any atom is -0.457 e. The highest BCUT2D eigenvalue weighted by Crippen LogP contribution is 2.40. The van der Waals surface area contributed by atoms with Gasteiger partial charge in [0.15, 0.2) is 0 Å². The molecule has 9 aromatic rings. The van der Waals surface area contributed by atoms with Crippen molar-refractivity contribution in [3.63, 3.8) is 0 Å². The molecule has 0 aliphatic rings. The van der Waals surface area contributed by atoms with Crippen LogP contribution in [0.15, 0.2) is 46.9 Å². The van der Waals surface area contributed by atoms with Crippen LogP contribution in [0.2, 0.25) is 0 Å². The van der Waals surface area contributed by atoms with E-state index in [1.165, 1.54) is 180 Å². The molecular weight excluding hydrogens is 726 g/mol. The summed E-state index contributed by atoms with van der Waals surface area (Å²) in [5.74, 6) is 0. The van der Waals surface area contributed by atoms with E-state index in [1.807, 2.05) is 0 Å². The highest BCUT2D eigenvalue weighted by atomic mass is 16.3. The van der Waals surface area contributed by atoms with E-state index in [0.717, 1.165) is 11.2 Å². The lowest BCUT2D eigenvalue weighted by Crippen LogP contribution is -2.51. The molecule has 0 saturated carbocycles. The fourth-order valence-electron chi connectivity index (χ4n) is 11.9. The minimum absolute atomic E-state index is 1.03. The van der Waals surface area contributed by atoms with Crippen molar-refractivity contribution < 1.29 is 4.42 Å². The number of benzene rings is 8. The Morgan fingerprint density at radius 2 is 0.581 bits per heavy atom. The fraction of sp³-hybridized carbons (Fsp3) is 0. The van der Waals surface area contributed by atoms with Gasteiger partial charge in [-0.1, -0.05) is 113 Å². The van der Waals surface area contributed by atoms with Crippen molar-refractivity contribution in [1.29, 1.82) is 0 Å². The second-order valence-electron chi connectivity index (χ2n) is 19.3. The van der Waals surface area contributed by atoms with Crippen LogP contribution in [-0.4, -0.2) is 149 Å². The minimum atomic E-state index is 1.03. The van der Waals surface area contributed by atoms with Crippen molar-refractivity contribution in [2.24, 2.45) is 0 Å². The number of hydrogen-bond acceptors (Lipinski definition) is 1. The number of rotatable bonds is 3. The predicted molar refractivity (Wildman–Crippen MR) is 338 cm³/mol. The van der Waals surface area contributed by atoms with Crippen LogP contribution in [0.1, 0.15) is 0 Å². The lowest BCUT2D eigenvalue weighted by atomic mass is 9.56. The van der Waals surface area contributed by atoms with E-state index < -0.39 is 0 Å². The van der Waals surface area contributed by atoms with E-state index >= 15 is 0 Å². The molecule has 20 heteroatoms. The zero-order chi connectivity index (χ0) is 44.9. The van der Waals surface area contributed by atoms with Crippen molar-refractivity contribution >= 4 is 307 Å². The molecule has 0 fully saturated rings. The van der Waals surface area contributed by atoms with Crippen LogP contribution in [-0.2, 0) is 0 Å². The number of fused-ring (bicyclic) bond motifs is 6. The predicted octanol–water partition coefficient (Wildman–Crippen LogP) is -21.0. The van der Waals surface area contributed by atoms with Gasteiger partial charge in [0.2, 0.25) is 0 Å². The molecule has 0 atom stereocenters. The van der Waals surface area contributed by atoms with Crippen LogP contribution in [0.4, 0.5) is 0 Å². The maximum atomic E-state index is 7.01. The Kier molecular flexibility index (Phi) is 10.2. The third kappa shape index (κ3) is 5.56. The second-order valence-corrected chi connectivity index (χ2v) is 19.3. The average Bonchev–Trinajstić information content (AvgIpc) is 3.67. The normalized spacial score (nSPS) is 11.8. The molecule has 0 spiro atoms. The zero-order valence-corrected chi connectivity index (χ0v) is 40.9. The summed E-state index contributed by atoms with van der Waals surface area (Å²) >= 11 is 0. The first-order valence-electron chi connectivity index (χ1n) is 22.7. The van der Waals surface area contributed by atoms with E-state index in [-0.39, 0.29) is 0 Å². The van der Waals surface area contributed by atoms with E-state index in [1.54, 1.807) is 0 Å². The molecule has 0 unspecified atom stereocenters. The Morgan fingerprint density at radius 1 is 0.242 bits per heavy atom. The van der Waals surface area contributed by atoms with Gasteiger partial charge in [0.1, 0.15) is 160 Å². The van der Waals surface area contributed by atoms with Gasteiger partial charge < -0.3 is 4.42 Å². The molecule has 1 heterocycles. The molecule has 62 heavy (non-hydrogen) atoms. The van der Waals surface area contributed by atoms with Crippen LogP contribution >= 0.6 is 0 Å². The summed E-state index contributed by atoms with van der Waals surface area (Å²) in [5, 5.41) is 10.7. The van der Waals surface area contributed by atoms with Crippen LogP contribution < -0.4 is 104 Å². The van der Waals surface area contributed by atoms with Gasteiger partial charge in [0.25, 0.3) is 0 Å². The number of furan rings is 1. The van der Waals surface area contributed by atoms with Crippen molar-refractivity contribution in [3.05, 3.63) is 42.5 Å². The Labute approximate surface area is 385 Å². The third-order valence-corrected chi connectivity index (χ3v) is 16.9. The summed E-state index contributed by atoms with van der Waals surface area (Å²) in [6.07, 6.45) is 0. The first-order valence-corrected chi connectivity index (χ1v) is 22.7. The van der Waals surface area contributed by atoms with Crippen molar-refractivity contribution in [3.8, 4) is 33.4 Å². The van der Waals surface area contributed by atoms with Crippen LogP contribution in [0.25, 0.3) is 87.6 Å². The molecule has 9 rings (SSSR count). The Balaban J connectivity index is 1.60. The van der Waals surface area contributed by atoms with Crippen LogP contribution in [0.3, 0.4) is 0 Å². The smallest absolute Gasteiger partial charge is 0.143 e. The average molecular weight is 771 g/mol. The standard InChI is InChI=1S/C42H45B19O/c43-22-11(10-7-3-5-8-4-1-2-6-9(8)10)24(45)32(53)29(50)18(22)12-14-16(27(48)35(56)33(54)25(14)46)13(17-15(12)26(47)34(55)36(57)28(17)49)19-23(44)20-21-31(52)37(58)38(59)40(61)42(21)62-41(20)39(60)30(19)51/h1-7H,43-61H2. The summed E-state index contributed by atoms with van der Waals surface area (Å²) in [6.45, 7) is 0. The topological polar surface area (TPSA) is 13.1 Å². The molecule has 276 valence electrons. The molecule has 0 aliphatic carbocycles. The largest absolute Gasteiger partial charge is 0.457 e. The molecule has 1 nitrogen and oxygen atoms in total. The highest BCUT2D eigenvalue weighted by Gasteiger charge is 2.31. The monoisotopic (exact) mass is 775 g/mol. The highest BCUT2D eigenvalue weighted by molar-refractivity contribution is 6.74. The Morgan fingerprint density at radius 3 is 1.08 bits per heavy atom. The van der Waals surface area contributed by atoms with E-state index in [0.29, 0.717) is 0 Å². The van der Waals surface area contributed by atoms with Gasteiger partial charge >= 0.3 is 0 Å². The summed E-state index contributed by atoms with van der Waals surface area (Å²) in [4.78, 5) is 0.